The number of aryl methyl sites for hydroxylation is 2. The molecule has 1 aliphatic heterocycles. The molecule has 0 unspecified atom stereocenters. The first-order valence-corrected chi connectivity index (χ1v) is 8.53. The molecule has 0 fully saturated rings. The number of aromatic nitrogens is 2. The van der Waals surface area contributed by atoms with E-state index in [1.165, 1.54) is 27.4 Å². The van der Waals surface area contributed by atoms with Crippen LogP contribution in [0.15, 0.2) is 29.2 Å². The quantitative estimate of drug-likeness (QED) is 0.879. The largest absolute Gasteiger partial charge is 0.312 e. The molecule has 0 spiro atoms. The van der Waals surface area contributed by atoms with E-state index in [0.717, 1.165) is 37.5 Å². The molecule has 4 heteroatoms. The molecule has 1 aromatic heterocycles. The van der Waals surface area contributed by atoms with Crippen molar-refractivity contribution >= 4 is 11.8 Å². The summed E-state index contributed by atoms with van der Waals surface area (Å²) in [4.78, 5) is 10.9. The van der Waals surface area contributed by atoms with Gasteiger partial charge in [0, 0.05) is 35.7 Å². The Balaban J connectivity index is 1.81. The van der Waals surface area contributed by atoms with E-state index in [1.807, 2.05) is 11.8 Å². The number of hydrogen-bond acceptors (Lipinski definition) is 4. The third kappa shape index (κ3) is 3.27. The van der Waals surface area contributed by atoms with Crippen molar-refractivity contribution in [1.82, 2.24) is 15.3 Å². The van der Waals surface area contributed by atoms with Crippen molar-refractivity contribution in [3.63, 3.8) is 0 Å². The molecule has 0 saturated carbocycles. The molecule has 1 aliphatic rings. The summed E-state index contributed by atoms with van der Waals surface area (Å²) in [6.07, 6.45) is 2.00. The lowest BCUT2D eigenvalue weighted by Crippen LogP contribution is -2.27. The van der Waals surface area contributed by atoms with Crippen molar-refractivity contribution in [2.45, 2.75) is 43.9 Å². The Kier molecular flexibility index (Phi) is 4.56. The molecule has 0 radical (unpaired) electrons. The first-order valence-electron chi connectivity index (χ1n) is 7.54. The number of fused-ring (bicyclic) bond motifs is 1. The summed E-state index contributed by atoms with van der Waals surface area (Å²) < 4.78 is 0. The highest BCUT2D eigenvalue weighted by molar-refractivity contribution is 7.98. The summed E-state index contributed by atoms with van der Waals surface area (Å²) in [6.45, 7) is 6.27. The van der Waals surface area contributed by atoms with Crippen molar-refractivity contribution < 1.29 is 0 Å². The zero-order valence-corrected chi connectivity index (χ0v) is 13.5. The number of rotatable bonds is 4. The van der Waals surface area contributed by atoms with Crippen LogP contribution in [-0.4, -0.2) is 16.5 Å². The number of hydrogen-bond donors (Lipinski definition) is 1. The molecule has 0 atom stereocenters. The van der Waals surface area contributed by atoms with Gasteiger partial charge in [-0.2, -0.15) is 0 Å². The summed E-state index contributed by atoms with van der Waals surface area (Å²) in [5.41, 5.74) is 5.11. The molecule has 3 nitrogen and oxygen atoms in total. The van der Waals surface area contributed by atoms with Gasteiger partial charge in [0.15, 0.2) is 0 Å². The molecule has 0 bridgehead atoms. The Morgan fingerprint density at radius 3 is 2.90 bits per heavy atom. The van der Waals surface area contributed by atoms with Gasteiger partial charge in [-0.1, -0.05) is 25.1 Å². The van der Waals surface area contributed by atoms with E-state index in [2.05, 4.69) is 43.4 Å². The van der Waals surface area contributed by atoms with Gasteiger partial charge in [0.2, 0.25) is 0 Å². The summed E-state index contributed by atoms with van der Waals surface area (Å²) in [5.74, 6) is 1.82. The average Bonchev–Trinajstić information content (AvgIpc) is 2.53. The minimum absolute atomic E-state index is 0.846. The fraction of sp³-hybridized carbons (Fsp3) is 0.412. The van der Waals surface area contributed by atoms with Crippen molar-refractivity contribution in [2.24, 2.45) is 0 Å². The van der Waals surface area contributed by atoms with E-state index < -0.39 is 0 Å². The molecule has 0 amide bonds. The van der Waals surface area contributed by atoms with E-state index in [4.69, 9.17) is 9.97 Å². The minimum atomic E-state index is 0.846. The lowest BCUT2D eigenvalue weighted by atomic mass is 10.0. The van der Waals surface area contributed by atoms with Crippen molar-refractivity contribution in [3.05, 3.63) is 52.6 Å². The molecule has 21 heavy (non-hydrogen) atoms. The predicted molar refractivity (Wildman–Crippen MR) is 87.6 cm³/mol. The highest BCUT2D eigenvalue weighted by Gasteiger charge is 2.16. The fourth-order valence-electron chi connectivity index (χ4n) is 2.69. The first-order chi connectivity index (χ1) is 10.3. The molecule has 0 saturated heterocycles. The molecule has 2 aromatic rings. The van der Waals surface area contributed by atoms with E-state index in [1.54, 1.807) is 0 Å². The maximum Gasteiger partial charge on any atom is 0.139 e. The van der Waals surface area contributed by atoms with Crippen molar-refractivity contribution in [3.8, 4) is 0 Å². The zero-order valence-electron chi connectivity index (χ0n) is 12.6. The first kappa shape index (κ1) is 14.5. The van der Waals surface area contributed by atoms with Crippen LogP contribution in [-0.2, 0) is 25.1 Å². The second kappa shape index (κ2) is 6.58. The van der Waals surface area contributed by atoms with Gasteiger partial charge in [-0.25, -0.2) is 9.97 Å². The van der Waals surface area contributed by atoms with E-state index in [0.29, 0.717) is 0 Å². The van der Waals surface area contributed by atoms with Crippen LogP contribution in [0.1, 0.15) is 35.3 Å². The lowest BCUT2D eigenvalue weighted by Gasteiger charge is -2.19. The van der Waals surface area contributed by atoms with Gasteiger partial charge in [-0.15, -0.1) is 11.8 Å². The molecule has 1 N–H and O–H groups in total. The summed E-state index contributed by atoms with van der Waals surface area (Å²) in [5, 5.41) is 3.42. The smallest absolute Gasteiger partial charge is 0.139 e. The fourth-order valence-corrected chi connectivity index (χ4v) is 3.57. The second-order valence-electron chi connectivity index (χ2n) is 5.35. The second-order valence-corrected chi connectivity index (χ2v) is 6.36. The molecular weight excluding hydrogens is 278 g/mol. The number of benzene rings is 1. The van der Waals surface area contributed by atoms with Gasteiger partial charge < -0.3 is 5.32 Å². The standard InChI is InChI=1S/C17H21N3S/c1-3-14-13-10-18-9-8-15(13)20-17(19-14)11-21-16-7-5-4-6-12(16)2/h4-7,18H,3,8-11H2,1-2H3. The van der Waals surface area contributed by atoms with Crippen LogP contribution in [0.25, 0.3) is 0 Å². The SMILES string of the molecule is CCc1nc(CSc2ccccc2C)nc2c1CNCC2. The normalized spacial score (nSPS) is 14.0. The predicted octanol–water partition coefficient (Wildman–Crippen LogP) is 3.29. The maximum absolute atomic E-state index is 4.79. The van der Waals surface area contributed by atoms with E-state index in [9.17, 15) is 0 Å². The number of thioether (sulfide) groups is 1. The summed E-state index contributed by atoms with van der Waals surface area (Å²) >= 11 is 1.83. The van der Waals surface area contributed by atoms with Crippen LogP contribution in [0.2, 0.25) is 0 Å². The van der Waals surface area contributed by atoms with Crippen LogP contribution in [0.5, 0.6) is 0 Å². The van der Waals surface area contributed by atoms with Crippen molar-refractivity contribution in [1.29, 1.82) is 0 Å². The van der Waals surface area contributed by atoms with Gasteiger partial charge in [0.1, 0.15) is 5.82 Å². The van der Waals surface area contributed by atoms with Crippen LogP contribution in [0.3, 0.4) is 0 Å². The van der Waals surface area contributed by atoms with E-state index >= 15 is 0 Å². The van der Waals surface area contributed by atoms with Gasteiger partial charge in [0.05, 0.1) is 11.4 Å². The summed E-state index contributed by atoms with van der Waals surface area (Å²) in [6, 6.07) is 8.49. The Morgan fingerprint density at radius 2 is 2.10 bits per heavy atom. The van der Waals surface area contributed by atoms with Gasteiger partial charge in [0.25, 0.3) is 0 Å². The molecule has 1 aromatic carbocycles. The lowest BCUT2D eigenvalue weighted by molar-refractivity contribution is 0.613. The Hall–Kier alpha value is -1.39. The van der Waals surface area contributed by atoms with Crippen LogP contribution >= 0.6 is 11.8 Å². The van der Waals surface area contributed by atoms with Gasteiger partial charge >= 0.3 is 0 Å². The minimum Gasteiger partial charge on any atom is -0.312 e. The Labute approximate surface area is 130 Å². The molecule has 2 heterocycles. The van der Waals surface area contributed by atoms with Gasteiger partial charge in [-0.05, 0) is 25.0 Å². The molecule has 0 aliphatic carbocycles. The highest BCUT2D eigenvalue weighted by atomic mass is 32.2. The number of nitrogens with one attached hydrogen (secondary N) is 1. The Morgan fingerprint density at radius 1 is 1.24 bits per heavy atom. The third-order valence-corrected chi connectivity index (χ3v) is 5.02. The monoisotopic (exact) mass is 299 g/mol. The Bertz CT molecular complexity index is 623. The average molecular weight is 299 g/mol. The molecule has 110 valence electrons. The number of nitrogens with zero attached hydrogens (tertiary/aromatic N) is 2. The molecule has 3 rings (SSSR count). The highest BCUT2D eigenvalue weighted by Crippen LogP contribution is 2.25. The van der Waals surface area contributed by atoms with Crippen LogP contribution in [0, 0.1) is 6.92 Å². The van der Waals surface area contributed by atoms with Crippen LogP contribution < -0.4 is 5.32 Å². The molecular formula is C17H21N3S. The topological polar surface area (TPSA) is 37.8 Å². The summed E-state index contributed by atoms with van der Waals surface area (Å²) in [7, 11) is 0. The third-order valence-electron chi connectivity index (χ3n) is 3.85. The van der Waals surface area contributed by atoms with Gasteiger partial charge in [-0.3, -0.25) is 0 Å². The van der Waals surface area contributed by atoms with Crippen LogP contribution in [0.4, 0.5) is 0 Å². The van der Waals surface area contributed by atoms with E-state index in [-0.39, 0.29) is 0 Å². The van der Waals surface area contributed by atoms with Crippen molar-refractivity contribution in [2.75, 3.05) is 6.54 Å². The maximum atomic E-state index is 4.79. The zero-order chi connectivity index (χ0) is 14.7.